The molecule has 1 aliphatic rings. The number of carbonyl (C=O) groups is 2. The number of carbonyl (C=O) groups excluding carboxylic acids is 2. The average molecular weight is 408 g/mol. The molecule has 0 spiro atoms. The predicted octanol–water partition coefficient (Wildman–Crippen LogP) is 3.59. The second-order valence-electron chi connectivity index (χ2n) is 8.96. The van der Waals surface area contributed by atoms with Gasteiger partial charge in [-0.1, -0.05) is 56.3 Å². The lowest BCUT2D eigenvalue weighted by Crippen LogP contribution is -2.39. The van der Waals surface area contributed by atoms with Gasteiger partial charge in [0.15, 0.2) is 0 Å². The molecule has 0 fully saturated rings. The van der Waals surface area contributed by atoms with Crippen molar-refractivity contribution in [2.75, 3.05) is 19.4 Å². The summed E-state index contributed by atoms with van der Waals surface area (Å²) in [4.78, 5) is 26.4. The van der Waals surface area contributed by atoms with Gasteiger partial charge in [-0.15, -0.1) is 0 Å². The summed E-state index contributed by atoms with van der Waals surface area (Å²) in [6.45, 7) is 4.31. The Balaban J connectivity index is 1.83. The molecule has 2 amide bonds. The highest BCUT2D eigenvalue weighted by atomic mass is 16.2. The van der Waals surface area contributed by atoms with Crippen LogP contribution in [0.25, 0.3) is 0 Å². The highest BCUT2D eigenvalue weighted by Crippen LogP contribution is 2.36. The van der Waals surface area contributed by atoms with E-state index in [0.717, 1.165) is 23.2 Å². The first-order valence-electron chi connectivity index (χ1n) is 10.7. The summed E-state index contributed by atoms with van der Waals surface area (Å²) >= 11 is 0. The van der Waals surface area contributed by atoms with Crippen molar-refractivity contribution in [3.8, 4) is 0 Å². The minimum atomic E-state index is -0.252. The van der Waals surface area contributed by atoms with Gasteiger partial charge in [-0.25, -0.2) is 0 Å². The molecule has 3 atom stereocenters. The molecule has 3 N–H and O–H groups in total. The molecule has 160 valence electrons. The summed E-state index contributed by atoms with van der Waals surface area (Å²) < 4.78 is 0. The lowest BCUT2D eigenvalue weighted by molar-refractivity contribution is -0.123. The summed E-state index contributed by atoms with van der Waals surface area (Å²) in [7, 11) is 4.10. The van der Waals surface area contributed by atoms with Crippen LogP contribution in [-0.2, 0) is 22.4 Å². The van der Waals surface area contributed by atoms with Gasteiger partial charge in [0.05, 0.1) is 6.42 Å². The van der Waals surface area contributed by atoms with Crippen LogP contribution in [0.3, 0.4) is 0 Å². The Morgan fingerprint density at radius 1 is 1.13 bits per heavy atom. The maximum absolute atomic E-state index is 12.6. The fraction of sp³-hybridized carbons (Fsp3) is 0.440. The number of primary amides is 1. The van der Waals surface area contributed by atoms with E-state index in [2.05, 4.69) is 48.3 Å². The molecule has 2 unspecified atom stereocenters. The quantitative estimate of drug-likeness (QED) is 0.667. The van der Waals surface area contributed by atoms with Crippen molar-refractivity contribution in [2.24, 2.45) is 17.6 Å². The normalized spacial score (nSPS) is 16.3. The number of benzene rings is 2. The van der Waals surface area contributed by atoms with E-state index in [0.29, 0.717) is 18.8 Å². The van der Waals surface area contributed by atoms with Crippen LogP contribution >= 0.6 is 0 Å². The first kappa shape index (κ1) is 22.0. The number of nitrogens with two attached hydrogens (primary N) is 1. The summed E-state index contributed by atoms with van der Waals surface area (Å²) in [5, 5.41) is 2.88. The standard InChI is InChI=1S/C25H33N3O2/c1-16(2)24(18-8-6-5-7-9-18)21(25(26)30)15-20(28(3)4)13-17-10-11-22-19(12-17)14-23(29)27-22/h5-12,16,20-21,24H,13-15H2,1-4H3,(H2,26,30)(H,27,29)/t20-,21?,24?/m1/s1. The molecule has 0 radical (unpaired) electrons. The van der Waals surface area contributed by atoms with Crippen LogP contribution in [0.5, 0.6) is 0 Å². The molecule has 3 rings (SSSR count). The molecule has 5 heteroatoms. The summed E-state index contributed by atoms with van der Waals surface area (Å²) in [5.74, 6) is -0.0776. The van der Waals surface area contributed by atoms with Gasteiger partial charge in [-0.2, -0.15) is 0 Å². The Kier molecular flexibility index (Phi) is 6.93. The molecule has 0 aromatic heterocycles. The average Bonchev–Trinajstić information content (AvgIpc) is 3.06. The first-order valence-corrected chi connectivity index (χ1v) is 10.7. The number of anilines is 1. The number of nitrogens with one attached hydrogen (secondary N) is 1. The van der Waals surface area contributed by atoms with E-state index in [4.69, 9.17) is 5.73 Å². The van der Waals surface area contributed by atoms with Gasteiger partial charge in [0, 0.05) is 17.6 Å². The number of fused-ring (bicyclic) bond motifs is 1. The molecule has 30 heavy (non-hydrogen) atoms. The minimum Gasteiger partial charge on any atom is -0.369 e. The van der Waals surface area contributed by atoms with Crippen molar-refractivity contribution < 1.29 is 9.59 Å². The van der Waals surface area contributed by atoms with Crippen molar-refractivity contribution >= 4 is 17.5 Å². The highest BCUT2D eigenvalue weighted by Gasteiger charge is 2.33. The second kappa shape index (κ2) is 9.43. The van der Waals surface area contributed by atoms with Gasteiger partial charge >= 0.3 is 0 Å². The Labute approximate surface area is 179 Å². The van der Waals surface area contributed by atoms with Crippen LogP contribution < -0.4 is 11.1 Å². The second-order valence-corrected chi connectivity index (χ2v) is 8.96. The van der Waals surface area contributed by atoms with Gasteiger partial charge in [0.25, 0.3) is 0 Å². The summed E-state index contributed by atoms with van der Waals surface area (Å²) in [6, 6.07) is 16.5. The van der Waals surface area contributed by atoms with Crippen molar-refractivity contribution in [2.45, 2.75) is 45.1 Å². The van der Waals surface area contributed by atoms with Crippen molar-refractivity contribution in [1.29, 1.82) is 0 Å². The van der Waals surface area contributed by atoms with Gasteiger partial charge in [-0.3, -0.25) is 9.59 Å². The number of amides is 2. The van der Waals surface area contributed by atoms with E-state index in [1.54, 1.807) is 0 Å². The third kappa shape index (κ3) is 5.08. The van der Waals surface area contributed by atoms with Gasteiger partial charge in [0.1, 0.15) is 0 Å². The maximum atomic E-state index is 12.6. The summed E-state index contributed by atoms with van der Waals surface area (Å²) in [5.41, 5.74) is 10.2. The lowest BCUT2D eigenvalue weighted by Gasteiger charge is -2.34. The van der Waals surface area contributed by atoms with Gasteiger partial charge in [0.2, 0.25) is 11.8 Å². The monoisotopic (exact) mass is 407 g/mol. The van der Waals surface area contributed by atoms with E-state index in [-0.39, 0.29) is 29.7 Å². The molecule has 1 aliphatic heterocycles. The molecule has 0 saturated carbocycles. The van der Waals surface area contributed by atoms with Crippen LogP contribution in [0.1, 0.15) is 42.9 Å². The molecule has 0 bridgehead atoms. The van der Waals surface area contributed by atoms with Crippen LogP contribution in [-0.4, -0.2) is 36.9 Å². The molecule has 2 aromatic carbocycles. The zero-order chi connectivity index (χ0) is 21.8. The molecule has 2 aromatic rings. The van der Waals surface area contributed by atoms with Gasteiger partial charge in [-0.05, 0) is 61.5 Å². The third-order valence-corrected chi connectivity index (χ3v) is 6.22. The van der Waals surface area contributed by atoms with Crippen LogP contribution in [0.15, 0.2) is 48.5 Å². The van der Waals surface area contributed by atoms with Crippen LogP contribution in [0, 0.1) is 11.8 Å². The topological polar surface area (TPSA) is 75.4 Å². The van der Waals surface area contributed by atoms with Crippen molar-refractivity contribution in [1.82, 2.24) is 4.90 Å². The van der Waals surface area contributed by atoms with E-state index in [9.17, 15) is 9.59 Å². The number of hydrogen-bond acceptors (Lipinski definition) is 3. The van der Waals surface area contributed by atoms with Gasteiger partial charge < -0.3 is 16.0 Å². The number of likely N-dealkylation sites (N-methyl/N-ethyl adjacent to an activating group) is 1. The zero-order valence-corrected chi connectivity index (χ0v) is 18.4. The van der Waals surface area contributed by atoms with E-state index in [1.165, 1.54) is 5.56 Å². The highest BCUT2D eigenvalue weighted by molar-refractivity contribution is 5.99. The molecule has 0 saturated heterocycles. The lowest BCUT2D eigenvalue weighted by atomic mass is 9.74. The predicted molar refractivity (Wildman–Crippen MR) is 121 cm³/mol. The SMILES string of the molecule is CC(C)C(c1ccccc1)C(C[C@@H](Cc1ccc2c(c1)CC(=O)N2)N(C)C)C(N)=O. The molecule has 0 aliphatic carbocycles. The number of hydrogen-bond donors (Lipinski definition) is 2. The van der Waals surface area contributed by atoms with Crippen molar-refractivity contribution in [3.05, 3.63) is 65.2 Å². The largest absolute Gasteiger partial charge is 0.369 e. The Morgan fingerprint density at radius 3 is 2.43 bits per heavy atom. The number of rotatable bonds is 9. The van der Waals surface area contributed by atoms with Crippen LogP contribution in [0.4, 0.5) is 5.69 Å². The van der Waals surface area contributed by atoms with E-state index >= 15 is 0 Å². The minimum absolute atomic E-state index is 0.0442. The fourth-order valence-electron chi connectivity index (χ4n) is 4.65. The zero-order valence-electron chi connectivity index (χ0n) is 18.4. The maximum Gasteiger partial charge on any atom is 0.228 e. The summed E-state index contributed by atoms with van der Waals surface area (Å²) in [6.07, 6.45) is 1.93. The first-order chi connectivity index (χ1) is 14.3. The molecular formula is C25H33N3O2. The molecule has 1 heterocycles. The third-order valence-electron chi connectivity index (χ3n) is 6.22. The Bertz CT molecular complexity index is 893. The number of nitrogens with zero attached hydrogens (tertiary/aromatic N) is 1. The van der Waals surface area contributed by atoms with Crippen LogP contribution in [0.2, 0.25) is 0 Å². The fourth-order valence-corrected chi connectivity index (χ4v) is 4.65. The molecule has 5 nitrogen and oxygen atoms in total. The smallest absolute Gasteiger partial charge is 0.228 e. The van der Waals surface area contributed by atoms with Crippen molar-refractivity contribution in [3.63, 3.8) is 0 Å². The Morgan fingerprint density at radius 2 is 1.83 bits per heavy atom. The van der Waals surface area contributed by atoms with E-state index < -0.39 is 0 Å². The molecular weight excluding hydrogens is 374 g/mol. The van der Waals surface area contributed by atoms with E-state index in [1.807, 2.05) is 38.4 Å². The Hall–Kier alpha value is -2.66.